The van der Waals surface area contributed by atoms with E-state index in [0.717, 1.165) is 0 Å². The fourth-order valence-corrected chi connectivity index (χ4v) is 0.578. The number of rotatable bonds is 8. The van der Waals surface area contributed by atoms with Crippen molar-refractivity contribution >= 4 is 6.21 Å². The van der Waals surface area contributed by atoms with Gasteiger partial charge < -0.3 is 16.5 Å². The van der Waals surface area contributed by atoms with Crippen LogP contribution >= 0.6 is 0 Å². The van der Waals surface area contributed by atoms with Gasteiger partial charge in [-0.05, 0) is 6.20 Å². The van der Waals surface area contributed by atoms with Crippen molar-refractivity contribution in [3.8, 4) is 0 Å². The van der Waals surface area contributed by atoms with Gasteiger partial charge in [-0.15, -0.1) is 0 Å². The Morgan fingerprint density at radius 2 is 2.08 bits per heavy atom. The van der Waals surface area contributed by atoms with E-state index in [0.29, 0.717) is 26.4 Å². The smallest absolute Gasteiger partial charge is 0.0657 e. The summed E-state index contributed by atoms with van der Waals surface area (Å²) in [5.41, 5.74) is 5.22. The lowest BCUT2D eigenvalue weighted by atomic mass is 10.6. The molecule has 0 amide bonds. The molecule has 0 aromatic carbocycles. The summed E-state index contributed by atoms with van der Waals surface area (Å²) in [6.07, 6.45) is 4.97. The second-order valence-corrected chi connectivity index (χ2v) is 2.10. The Kier molecular flexibility index (Phi) is 9.32. The zero-order valence-corrected chi connectivity index (χ0v) is 7.14. The molecule has 0 aliphatic carbocycles. The molecule has 0 fully saturated rings. The van der Waals surface area contributed by atoms with Gasteiger partial charge in [-0.3, -0.25) is 10.6 Å². The Morgan fingerprint density at radius 3 is 2.75 bits per heavy atom. The predicted molar refractivity (Wildman–Crippen MR) is 51.0 cm³/mol. The Labute approximate surface area is 72.9 Å². The van der Waals surface area contributed by atoms with Crippen LogP contribution in [0.5, 0.6) is 0 Å². The van der Waals surface area contributed by atoms with Crippen LogP contribution in [0.1, 0.15) is 0 Å². The summed E-state index contributed by atoms with van der Waals surface area (Å²) in [6, 6.07) is 0. The molecule has 0 aromatic heterocycles. The summed E-state index contributed by atoms with van der Waals surface area (Å²) in [7, 11) is 0. The average molecular weight is 171 g/mol. The molecule has 0 unspecified atom stereocenters. The Morgan fingerprint density at radius 1 is 1.25 bits per heavy atom. The van der Waals surface area contributed by atoms with Gasteiger partial charge in [-0.1, -0.05) is 6.08 Å². The summed E-state index contributed by atoms with van der Waals surface area (Å²) in [6.45, 7) is 2.55. The molecule has 0 saturated carbocycles. The van der Waals surface area contributed by atoms with Gasteiger partial charge in [0, 0.05) is 26.0 Å². The average Bonchev–Trinajstić information content (AvgIpc) is 2.10. The maximum Gasteiger partial charge on any atom is 0.0657 e. The zero-order chi connectivity index (χ0) is 9.07. The molecule has 0 bridgehead atoms. The van der Waals surface area contributed by atoms with E-state index < -0.39 is 0 Å². The molecule has 0 aliphatic rings. The minimum atomic E-state index is 0.555. The quantitative estimate of drug-likeness (QED) is 0.180. The van der Waals surface area contributed by atoms with Crippen molar-refractivity contribution < 1.29 is 0 Å². The molecular weight excluding hydrogens is 154 g/mol. The number of hydrogen-bond donors (Lipinski definition) is 5. The van der Waals surface area contributed by atoms with Gasteiger partial charge in [0.05, 0.1) is 6.67 Å². The minimum absolute atomic E-state index is 0.555. The number of nitrogens with one attached hydrogen (secondary N) is 4. The first kappa shape index (κ1) is 11.1. The molecule has 0 spiro atoms. The van der Waals surface area contributed by atoms with Gasteiger partial charge in [-0.25, -0.2) is 0 Å². The van der Waals surface area contributed by atoms with Crippen molar-refractivity contribution in [1.29, 1.82) is 5.41 Å². The Balaban J connectivity index is 2.90. The van der Waals surface area contributed by atoms with Crippen LogP contribution in [-0.2, 0) is 0 Å². The van der Waals surface area contributed by atoms with Crippen LogP contribution in [0.3, 0.4) is 0 Å². The lowest BCUT2D eigenvalue weighted by Gasteiger charge is -2.03. The highest BCUT2D eigenvalue weighted by molar-refractivity contribution is 5.55. The van der Waals surface area contributed by atoms with Crippen LogP contribution in [0.4, 0.5) is 0 Å². The third-order valence-electron chi connectivity index (χ3n) is 1.10. The van der Waals surface area contributed by atoms with E-state index in [4.69, 9.17) is 11.1 Å². The SMILES string of the molecule is N=CCNCNCN/C=C\CN. The highest BCUT2D eigenvalue weighted by atomic mass is 15.1. The first-order chi connectivity index (χ1) is 5.91. The van der Waals surface area contributed by atoms with Gasteiger partial charge >= 0.3 is 0 Å². The van der Waals surface area contributed by atoms with Crippen LogP contribution in [0.15, 0.2) is 12.3 Å². The van der Waals surface area contributed by atoms with E-state index in [1.54, 1.807) is 0 Å². The van der Waals surface area contributed by atoms with Gasteiger partial charge in [0.15, 0.2) is 0 Å². The lowest BCUT2D eigenvalue weighted by molar-refractivity contribution is 0.596. The predicted octanol–water partition coefficient (Wildman–Crippen LogP) is -1.21. The van der Waals surface area contributed by atoms with Gasteiger partial charge in [0.25, 0.3) is 0 Å². The van der Waals surface area contributed by atoms with E-state index in [9.17, 15) is 0 Å². The number of nitrogens with two attached hydrogens (primary N) is 1. The van der Waals surface area contributed by atoms with Crippen molar-refractivity contribution in [3.63, 3.8) is 0 Å². The summed E-state index contributed by atoms with van der Waals surface area (Å²) in [5.74, 6) is 0. The van der Waals surface area contributed by atoms with E-state index in [-0.39, 0.29) is 0 Å². The van der Waals surface area contributed by atoms with Crippen LogP contribution in [0, 0.1) is 5.41 Å². The summed E-state index contributed by atoms with van der Waals surface area (Å²) in [5, 5.41) is 15.8. The van der Waals surface area contributed by atoms with Crippen molar-refractivity contribution in [2.24, 2.45) is 5.73 Å². The molecule has 0 radical (unpaired) electrons. The third kappa shape index (κ3) is 9.09. The summed E-state index contributed by atoms with van der Waals surface area (Å²) in [4.78, 5) is 0. The summed E-state index contributed by atoms with van der Waals surface area (Å²) >= 11 is 0. The zero-order valence-electron chi connectivity index (χ0n) is 7.14. The van der Waals surface area contributed by atoms with Crippen molar-refractivity contribution in [1.82, 2.24) is 16.0 Å². The molecule has 0 saturated heterocycles. The molecule has 0 rings (SSSR count). The molecule has 0 aliphatic heterocycles. The molecule has 0 heterocycles. The van der Waals surface area contributed by atoms with Gasteiger partial charge in [0.2, 0.25) is 0 Å². The van der Waals surface area contributed by atoms with Crippen LogP contribution < -0.4 is 21.7 Å². The molecule has 70 valence electrons. The molecule has 6 N–H and O–H groups in total. The van der Waals surface area contributed by atoms with E-state index in [1.807, 2.05) is 12.3 Å². The minimum Gasteiger partial charge on any atom is -0.379 e. The second-order valence-electron chi connectivity index (χ2n) is 2.10. The Hall–Kier alpha value is -0.910. The first-order valence-corrected chi connectivity index (χ1v) is 3.90. The highest BCUT2D eigenvalue weighted by Crippen LogP contribution is 1.59. The molecule has 5 heteroatoms. The van der Waals surface area contributed by atoms with Crippen molar-refractivity contribution in [3.05, 3.63) is 12.3 Å². The highest BCUT2D eigenvalue weighted by Gasteiger charge is 1.80. The monoisotopic (exact) mass is 171 g/mol. The topological polar surface area (TPSA) is 86.0 Å². The third-order valence-corrected chi connectivity index (χ3v) is 1.10. The van der Waals surface area contributed by atoms with E-state index in [2.05, 4.69) is 16.0 Å². The second kappa shape index (κ2) is 10.1. The van der Waals surface area contributed by atoms with E-state index >= 15 is 0 Å². The van der Waals surface area contributed by atoms with E-state index in [1.165, 1.54) is 6.21 Å². The number of hydrogen-bond acceptors (Lipinski definition) is 5. The van der Waals surface area contributed by atoms with Crippen LogP contribution in [0.2, 0.25) is 0 Å². The van der Waals surface area contributed by atoms with Crippen LogP contribution in [-0.4, -0.2) is 32.6 Å². The fraction of sp³-hybridized carbons (Fsp3) is 0.571. The molecule has 0 atom stereocenters. The van der Waals surface area contributed by atoms with Gasteiger partial charge in [-0.2, -0.15) is 0 Å². The maximum atomic E-state index is 6.72. The normalized spacial score (nSPS) is 10.4. The molecule has 12 heavy (non-hydrogen) atoms. The maximum absolute atomic E-state index is 6.72. The standard InChI is InChI=1S/C7H17N5/c8-2-1-4-10-6-12-7-11-5-3-9/h1,3-4,9-12H,2,5-8H2/b4-1-,9-3?. The van der Waals surface area contributed by atoms with Crippen molar-refractivity contribution in [2.45, 2.75) is 0 Å². The lowest BCUT2D eigenvalue weighted by Crippen LogP contribution is -2.34. The largest absolute Gasteiger partial charge is 0.379 e. The molecular formula is C7H17N5. The fourth-order valence-electron chi connectivity index (χ4n) is 0.578. The van der Waals surface area contributed by atoms with Gasteiger partial charge in [0.1, 0.15) is 0 Å². The molecule has 5 nitrogen and oxygen atoms in total. The summed E-state index contributed by atoms with van der Waals surface area (Å²) < 4.78 is 0. The first-order valence-electron chi connectivity index (χ1n) is 3.90. The Bertz CT molecular complexity index is 123. The van der Waals surface area contributed by atoms with Crippen molar-refractivity contribution in [2.75, 3.05) is 26.4 Å². The molecule has 0 aromatic rings. The van der Waals surface area contributed by atoms with Crippen LogP contribution in [0.25, 0.3) is 0 Å².